The molecule has 7 aromatic rings. The first-order valence-corrected chi connectivity index (χ1v) is 14.6. The molecule has 0 spiro atoms. The van der Waals surface area contributed by atoms with E-state index in [2.05, 4.69) is 152 Å². The summed E-state index contributed by atoms with van der Waals surface area (Å²) < 4.78 is 6.87. The van der Waals surface area contributed by atoms with Gasteiger partial charge in [0.05, 0.1) is 0 Å². The molecule has 0 atom stereocenters. The Balaban J connectivity index is 1.49. The van der Waals surface area contributed by atoms with Crippen molar-refractivity contribution >= 4 is 43.9 Å². The van der Waals surface area contributed by atoms with Gasteiger partial charge in [0.2, 0.25) is 0 Å². The Morgan fingerprint density at radius 2 is 1.16 bits per heavy atom. The largest absolute Gasteiger partial charge is 0.455 e. The maximum absolute atomic E-state index is 6.87. The van der Waals surface area contributed by atoms with Crippen molar-refractivity contribution in [1.82, 2.24) is 0 Å². The number of rotatable bonds is 7. The standard InChI is InChI=1S/C41H31NO/c1-3-5-18-31(4-2)42(32-19-10-7-11-20-32)33-27-25-29(26-28-33)38-39-36-23-14-12-21-34(36)35-22-13-15-24-37(35)41(39)43-40(38)30-16-8-6-9-17-30/h3-28H,1H2,2H3/b18-5-,31-4+. The Hall–Kier alpha value is -5.60. The molecule has 0 saturated carbocycles. The topological polar surface area (TPSA) is 16.4 Å². The van der Waals surface area contributed by atoms with E-state index in [1.807, 2.05) is 18.2 Å². The van der Waals surface area contributed by atoms with Crippen LogP contribution in [0.25, 0.3) is 55.0 Å². The second-order valence-electron chi connectivity index (χ2n) is 10.5. The Labute approximate surface area is 252 Å². The Bertz CT molecular complexity index is 2130. The number of anilines is 2. The van der Waals surface area contributed by atoms with Gasteiger partial charge in [-0.3, -0.25) is 0 Å². The van der Waals surface area contributed by atoms with Gasteiger partial charge >= 0.3 is 0 Å². The lowest BCUT2D eigenvalue weighted by Crippen LogP contribution is -2.14. The zero-order chi connectivity index (χ0) is 29.2. The monoisotopic (exact) mass is 553 g/mol. The lowest BCUT2D eigenvalue weighted by Gasteiger charge is -2.26. The average molecular weight is 554 g/mol. The van der Waals surface area contributed by atoms with Gasteiger partial charge < -0.3 is 9.32 Å². The van der Waals surface area contributed by atoms with E-state index in [0.29, 0.717) is 0 Å². The van der Waals surface area contributed by atoms with Crippen LogP contribution in [0.4, 0.5) is 11.4 Å². The van der Waals surface area contributed by atoms with Gasteiger partial charge in [-0.15, -0.1) is 0 Å². The minimum absolute atomic E-state index is 0.882. The number of para-hydroxylation sites is 1. The number of hydrogen-bond acceptors (Lipinski definition) is 2. The van der Waals surface area contributed by atoms with E-state index in [0.717, 1.165) is 55.9 Å². The zero-order valence-electron chi connectivity index (χ0n) is 24.1. The van der Waals surface area contributed by atoms with Crippen LogP contribution in [0.5, 0.6) is 0 Å². The molecule has 0 fully saturated rings. The van der Waals surface area contributed by atoms with Crippen LogP contribution < -0.4 is 4.90 Å². The smallest absolute Gasteiger partial charge is 0.143 e. The van der Waals surface area contributed by atoms with Crippen molar-refractivity contribution in [3.63, 3.8) is 0 Å². The summed E-state index contributed by atoms with van der Waals surface area (Å²) in [7, 11) is 0. The lowest BCUT2D eigenvalue weighted by atomic mass is 9.92. The van der Waals surface area contributed by atoms with Crippen LogP contribution in [0, 0.1) is 0 Å². The molecule has 0 amide bonds. The molecule has 6 aromatic carbocycles. The Kier molecular flexibility index (Phi) is 6.94. The van der Waals surface area contributed by atoms with Crippen LogP contribution in [-0.4, -0.2) is 0 Å². The van der Waals surface area contributed by atoms with Crippen molar-refractivity contribution in [2.75, 3.05) is 4.90 Å². The number of hydrogen-bond donors (Lipinski definition) is 0. The van der Waals surface area contributed by atoms with E-state index in [1.54, 1.807) is 6.08 Å². The number of fused-ring (bicyclic) bond motifs is 6. The third-order valence-corrected chi connectivity index (χ3v) is 7.99. The molecule has 43 heavy (non-hydrogen) atoms. The van der Waals surface area contributed by atoms with Gasteiger partial charge in [-0.2, -0.15) is 0 Å². The summed E-state index contributed by atoms with van der Waals surface area (Å²) in [6, 6.07) is 46.9. The van der Waals surface area contributed by atoms with E-state index < -0.39 is 0 Å². The van der Waals surface area contributed by atoms with Crippen molar-refractivity contribution < 1.29 is 4.42 Å². The highest BCUT2D eigenvalue weighted by Gasteiger charge is 2.23. The van der Waals surface area contributed by atoms with Crippen LogP contribution in [-0.2, 0) is 0 Å². The fourth-order valence-electron chi connectivity index (χ4n) is 6.07. The molecule has 2 heteroatoms. The van der Waals surface area contributed by atoms with Gasteiger partial charge in [-0.25, -0.2) is 0 Å². The summed E-state index contributed by atoms with van der Waals surface area (Å²) in [5, 5.41) is 5.89. The van der Waals surface area contributed by atoms with Gasteiger partial charge in [-0.1, -0.05) is 134 Å². The molecular weight excluding hydrogens is 522 g/mol. The predicted molar refractivity (Wildman–Crippen MR) is 184 cm³/mol. The SMILES string of the molecule is C=C/C=C\C(=C/C)N(c1ccccc1)c1ccc(-c2c(-c3ccccc3)oc3c4ccccc4c4ccccc4c23)cc1. The maximum Gasteiger partial charge on any atom is 0.143 e. The summed E-state index contributed by atoms with van der Waals surface area (Å²) in [6.07, 6.45) is 7.98. The number of benzene rings is 6. The molecule has 0 aliphatic carbocycles. The van der Waals surface area contributed by atoms with Crippen molar-refractivity contribution in [3.8, 4) is 22.5 Å². The van der Waals surface area contributed by atoms with E-state index in [4.69, 9.17) is 4.42 Å². The summed E-state index contributed by atoms with van der Waals surface area (Å²) in [5.41, 5.74) is 7.42. The Morgan fingerprint density at radius 1 is 0.605 bits per heavy atom. The molecule has 0 aliphatic heterocycles. The quantitative estimate of drug-likeness (QED) is 0.144. The molecule has 0 radical (unpaired) electrons. The maximum atomic E-state index is 6.87. The molecule has 1 aromatic heterocycles. The minimum atomic E-state index is 0.882. The zero-order valence-corrected chi connectivity index (χ0v) is 24.1. The van der Waals surface area contributed by atoms with Gasteiger partial charge in [0, 0.05) is 39.0 Å². The van der Waals surface area contributed by atoms with E-state index in [1.165, 1.54) is 16.2 Å². The van der Waals surface area contributed by atoms with Gasteiger partial charge in [-0.05, 0) is 59.0 Å². The Morgan fingerprint density at radius 3 is 1.81 bits per heavy atom. The predicted octanol–water partition coefficient (Wildman–Crippen LogP) is 11.9. The minimum Gasteiger partial charge on any atom is -0.455 e. The molecular formula is C41H31NO. The first-order chi connectivity index (χ1) is 21.3. The molecule has 1 heterocycles. The van der Waals surface area contributed by atoms with Crippen LogP contribution in [0.1, 0.15) is 6.92 Å². The van der Waals surface area contributed by atoms with Crippen molar-refractivity contribution in [3.05, 3.63) is 170 Å². The van der Waals surface area contributed by atoms with Crippen LogP contribution in [0.2, 0.25) is 0 Å². The summed E-state index contributed by atoms with van der Waals surface area (Å²) >= 11 is 0. The fraction of sp³-hybridized carbons (Fsp3) is 0.0244. The lowest BCUT2D eigenvalue weighted by molar-refractivity contribution is 0.636. The van der Waals surface area contributed by atoms with Crippen molar-refractivity contribution in [2.45, 2.75) is 6.92 Å². The number of allylic oxidation sites excluding steroid dienone is 4. The molecule has 0 saturated heterocycles. The number of nitrogens with zero attached hydrogens (tertiary/aromatic N) is 1. The molecule has 0 unspecified atom stereocenters. The average Bonchev–Trinajstić information content (AvgIpc) is 3.49. The summed E-state index contributed by atoms with van der Waals surface area (Å²) in [5.74, 6) is 0.882. The molecule has 0 bridgehead atoms. The van der Waals surface area contributed by atoms with Crippen LogP contribution in [0.15, 0.2) is 174 Å². The third-order valence-electron chi connectivity index (χ3n) is 7.99. The van der Waals surface area contributed by atoms with Crippen LogP contribution in [0.3, 0.4) is 0 Å². The van der Waals surface area contributed by atoms with Crippen molar-refractivity contribution in [1.29, 1.82) is 0 Å². The van der Waals surface area contributed by atoms with E-state index in [9.17, 15) is 0 Å². The third kappa shape index (κ3) is 4.64. The highest BCUT2D eigenvalue weighted by atomic mass is 16.3. The first-order valence-electron chi connectivity index (χ1n) is 14.6. The van der Waals surface area contributed by atoms with Gasteiger partial charge in [0.25, 0.3) is 0 Å². The molecule has 0 aliphatic rings. The van der Waals surface area contributed by atoms with E-state index in [-0.39, 0.29) is 0 Å². The second kappa shape index (κ2) is 11.3. The van der Waals surface area contributed by atoms with Gasteiger partial charge in [0.1, 0.15) is 11.3 Å². The highest BCUT2D eigenvalue weighted by molar-refractivity contribution is 6.28. The first kappa shape index (κ1) is 26.3. The number of furan rings is 1. The van der Waals surface area contributed by atoms with Crippen LogP contribution >= 0.6 is 0 Å². The fourth-order valence-corrected chi connectivity index (χ4v) is 6.07. The molecule has 2 nitrogen and oxygen atoms in total. The molecule has 7 rings (SSSR count). The molecule has 206 valence electrons. The molecule has 0 N–H and O–H groups in total. The second-order valence-corrected chi connectivity index (χ2v) is 10.5. The highest BCUT2D eigenvalue weighted by Crippen LogP contribution is 2.47. The van der Waals surface area contributed by atoms with Gasteiger partial charge in [0.15, 0.2) is 0 Å². The summed E-state index contributed by atoms with van der Waals surface area (Å²) in [4.78, 5) is 2.26. The summed E-state index contributed by atoms with van der Waals surface area (Å²) in [6.45, 7) is 5.93. The normalized spacial score (nSPS) is 12.0. The van der Waals surface area contributed by atoms with Crippen molar-refractivity contribution in [2.24, 2.45) is 0 Å². The van der Waals surface area contributed by atoms with E-state index >= 15 is 0 Å².